The van der Waals surface area contributed by atoms with Gasteiger partial charge in [0.2, 0.25) is 0 Å². The van der Waals surface area contributed by atoms with E-state index >= 15 is 0 Å². The van der Waals surface area contributed by atoms with Crippen molar-refractivity contribution in [2.24, 2.45) is 0 Å². The van der Waals surface area contributed by atoms with Gasteiger partial charge in [0.1, 0.15) is 17.3 Å². The quantitative estimate of drug-likeness (QED) is 0.379. The topological polar surface area (TPSA) is 102 Å². The largest absolute Gasteiger partial charge is 0.360 e. The lowest BCUT2D eigenvalue weighted by molar-refractivity contribution is 0.0954. The van der Waals surface area contributed by atoms with E-state index in [4.69, 9.17) is 4.52 Å². The number of hydrogen-bond donors (Lipinski definition) is 2. The minimum absolute atomic E-state index is 0.145. The summed E-state index contributed by atoms with van der Waals surface area (Å²) >= 11 is 0. The number of imidazole rings is 2. The molecule has 3 aromatic heterocycles. The molecule has 3 heterocycles. The first-order valence-electron chi connectivity index (χ1n) is 10.7. The predicted octanol–water partition coefficient (Wildman–Crippen LogP) is 4.34. The fraction of sp³-hybridized carbons (Fsp3) is 0.120. The van der Waals surface area contributed by atoms with E-state index in [0.717, 1.165) is 11.4 Å². The third-order valence-corrected chi connectivity index (χ3v) is 5.45. The van der Waals surface area contributed by atoms with Crippen LogP contribution in [0, 0.1) is 12.7 Å². The monoisotopic (exact) mass is 456 g/mol. The molecule has 0 aliphatic rings. The number of aryl methyl sites for hydroxylation is 1. The summed E-state index contributed by atoms with van der Waals surface area (Å²) in [6, 6.07) is 13.4. The maximum atomic E-state index is 13.7. The first-order chi connectivity index (χ1) is 16.6. The summed E-state index contributed by atoms with van der Waals surface area (Å²) in [7, 11) is 0. The van der Waals surface area contributed by atoms with Crippen LogP contribution in [0.25, 0.3) is 28.2 Å². The molecule has 2 N–H and O–H groups in total. The Labute approximate surface area is 194 Å². The summed E-state index contributed by atoms with van der Waals surface area (Å²) in [5.41, 5.74) is 4.81. The van der Waals surface area contributed by atoms with Crippen LogP contribution in [0.5, 0.6) is 0 Å². The fourth-order valence-electron chi connectivity index (χ4n) is 3.72. The average molecular weight is 456 g/mol. The van der Waals surface area contributed by atoms with Crippen LogP contribution < -0.4 is 5.32 Å². The molecule has 0 fully saturated rings. The third-order valence-electron chi connectivity index (χ3n) is 5.45. The smallest absolute Gasteiger partial charge is 0.251 e. The van der Waals surface area contributed by atoms with Gasteiger partial charge in [0.25, 0.3) is 5.91 Å². The predicted molar refractivity (Wildman–Crippen MR) is 124 cm³/mol. The summed E-state index contributed by atoms with van der Waals surface area (Å²) in [5, 5.41) is 7.01. The molecule has 5 rings (SSSR count). The number of nitrogens with zero attached hydrogens (tertiary/aromatic N) is 4. The number of aromatic nitrogens is 5. The van der Waals surface area contributed by atoms with E-state index < -0.39 is 0 Å². The highest BCUT2D eigenvalue weighted by Crippen LogP contribution is 2.33. The van der Waals surface area contributed by atoms with Gasteiger partial charge in [-0.15, -0.1) is 0 Å². The molecular formula is C25H21FN6O2. The van der Waals surface area contributed by atoms with Crippen LogP contribution in [0.15, 0.2) is 78.1 Å². The second-order valence-corrected chi connectivity index (χ2v) is 7.75. The van der Waals surface area contributed by atoms with Crippen molar-refractivity contribution in [3.8, 4) is 28.2 Å². The van der Waals surface area contributed by atoms with Crippen molar-refractivity contribution in [1.29, 1.82) is 0 Å². The van der Waals surface area contributed by atoms with Gasteiger partial charge in [-0.3, -0.25) is 4.79 Å². The molecule has 1 amide bonds. The molecule has 5 aromatic rings. The van der Waals surface area contributed by atoms with Crippen LogP contribution in [0.1, 0.15) is 21.8 Å². The van der Waals surface area contributed by atoms with Gasteiger partial charge in [0.15, 0.2) is 0 Å². The molecule has 0 aliphatic heterocycles. The van der Waals surface area contributed by atoms with Gasteiger partial charge >= 0.3 is 0 Å². The number of rotatable bonds is 7. The zero-order valence-corrected chi connectivity index (χ0v) is 18.3. The van der Waals surface area contributed by atoms with Gasteiger partial charge in [-0.05, 0) is 43.3 Å². The van der Waals surface area contributed by atoms with E-state index in [1.54, 1.807) is 43.8 Å². The van der Waals surface area contributed by atoms with Crippen molar-refractivity contribution in [3.63, 3.8) is 0 Å². The highest BCUT2D eigenvalue weighted by Gasteiger charge is 2.19. The van der Waals surface area contributed by atoms with E-state index in [-0.39, 0.29) is 11.7 Å². The van der Waals surface area contributed by atoms with Gasteiger partial charge in [-0.25, -0.2) is 14.4 Å². The molecule has 9 heteroatoms. The van der Waals surface area contributed by atoms with Gasteiger partial charge in [0, 0.05) is 42.2 Å². The minimum Gasteiger partial charge on any atom is -0.360 e. The van der Waals surface area contributed by atoms with Crippen LogP contribution >= 0.6 is 0 Å². The van der Waals surface area contributed by atoms with Gasteiger partial charge < -0.3 is 19.4 Å². The summed E-state index contributed by atoms with van der Waals surface area (Å²) in [6.07, 6.45) is 7.61. The summed E-state index contributed by atoms with van der Waals surface area (Å²) in [4.78, 5) is 24.0. The number of H-pyrrole nitrogens is 1. The number of halogens is 1. The Kier molecular flexibility index (Phi) is 5.73. The van der Waals surface area contributed by atoms with Crippen molar-refractivity contribution in [3.05, 3.63) is 96.4 Å². The maximum absolute atomic E-state index is 13.7. The Morgan fingerprint density at radius 3 is 2.79 bits per heavy atom. The van der Waals surface area contributed by atoms with Crippen molar-refractivity contribution in [2.45, 2.75) is 13.3 Å². The Hall–Kier alpha value is -4.53. The molecule has 0 radical (unpaired) electrons. The molecule has 0 bridgehead atoms. The Bertz CT molecular complexity index is 1420. The molecule has 2 aromatic carbocycles. The molecule has 0 aliphatic carbocycles. The number of hydrogen-bond acceptors (Lipinski definition) is 5. The third kappa shape index (κ3) is 4.36. The number of aromatic amines is 1. The highest BCUT2D eigenvalue weighted by atomic mass is 19.1. The van der Waals surface area contributed by atoms with Crippen molar-refractivity contribution in [2.75, 3.05) is 6.54 Å². The molecule has 0 saturated carbocycles. The molecule has 8 nitrogen and oxygen atoms in total. The second kappa shape index (κ2) is 9.14. The SMILES string of the molecule is Cc1onc(-c2cccc(F)c2)c1-c1cn(-c2ccc(C(=O)NCCc3c[nH]cn3)cc2)cn1. The minimum atomic E-state index is -0.347. The number of carbonyl (C=O) groups excluding carboxylic acids is 1. The second-order valence-electron chi connectivity index (χ2n) is 7.75. The molecule has 34 heavy (non-hydrogen) atoms. The van der Waals surface area contributed by atoms with Crippen LogP contribution in [0.3, 0.4) is 0 Å². The van der Waals surface area contributed by atoms with Crippen LogP contribution in [-0.2, 0) is 6.42 Å². The molecule has 0 saturated heterocycles. The van der Waals surface area contributed by atoms with Gasteiger partial charge in [-0.1, -0.05) is 17.3 Å². The van der Waals surface area contributed by atoms with Crippen molar-refractivity contribution in [1.82, 2.24) is 30.0 Å². The van der Waals surface area contributed by atoms with E-state index in [0.29, 0.717) is 46.8 Å². The van der Waals surface area contributed by atoms with Crippen LogP contribution in [0.4, 0.5) is 4.39 Å². The number of nitrogens with one attached hydrogen (secondary N) is 2. The molecule has 0 unspecified atom stereocenters. The summed E-state index contributed by atoms with van der Waals surface area (Å²) in [6.45, 7) is 2.30. The Balaban J connectivity index is 1.32. The molecule has 170 valence electrons. The average Bonchev–Trinajstić information content (AvgIpc) is 3.60. The zero-order chi connectivity index (χ0) is 23.5. The number of amides is 1. The number of carbonyl (C=O) groups is 1. The molecule has 0 atom stereocenters. The molecule has 0 spiro atoms. The zero-order valence-electron chi connectivity index (χ0n) is 18.3. The van der Waals surface area contributed by atoms with E-state index in [2.05, 4.69) is 25.4 Å². The lowest BCUT2D eigenvalue weighted by Crippen LogP contribution is -2.25. The van der Waals surface area contributed by atoms with E-state index in [1.807, 2.05) is 29.1 Å². The van der Waals surface area contributed by atoms with Crippen LogP contribution in [-0.4, -0.2) is 37.1 Å². The standard InChI is InChI=1S/C25H21FN6O2/c1-16-23(24(31-34-16)18-3-2-4-19(26)11-18)22-13-32(15-30-22)21-7-5-17(6-8-21)25(33)28-10-9-20-12-27-14-29-20/h2-8,11-15H,9-10H2,1H3,(H,27,29)(H,28,33). The Morgan fingerprint density at radius 2 is 2.03 bits per heavy atom. The lowest BCUT2D eigenvalue weighted by Gasteiger charge is -2.06. The molecular weight excluding hydrogens is 435 g/mol. The summed E-state index contributed by atoms with van der Waals surface area (Å²) in [5.74, 6) is 0.0968. The normalized spacial score (nSPS) is 11.0. The fourth-order valence-corrected chi connectivity index (χ4v) is 3.72. The van der Waals surface area contributed by atoms with E-state index in [9.17, 15) is 9.18 Å². The van der Waals surface area contributed by atoms with Crippen LogP contribution in [0.2, 0.25) is 0 Å². The number of benzene rings is 2. The highest BCUT2D eigenvalue weighted by molar-refractivity contribution is 5.94. The summed E-state index contributed by atoms with van der Waals surface area (Å²) < 4.78 is 21.0. The van der Waals surface area contributed by atoms with Gasteiger partial charge in [0.05, 0.1) is 29.6 Å². The lowest BCUT2D eigenvalue weighted by atomic mass is 10.0. The first-order valence-corrected chi connectivity index (χ1v) is 10.7. The van der Waals surface area contributed by atoms with Crippen molar-refractivity contribution < 1.29 is 13.7 Å². The first kappa shape index (κ1) is 21.3. The Morgan fingerprint density at radius 1 is 1.18 bits per heavy atom. The van der Waals surface area contributed by atoms with Gasteiger partial charge in [-0.2, -0.15) is 0 Å². The van der Waals surface area contributed by atoms with E-state index in [1.165, 1.54) is 12.1 Å². The maximum Gasteiger partial charge on any atom is 0.251 e. The van der Waals surface area contributed by atoms with Crippen molar-refractivity contribution >= 4 is 5.91 Å².